The Hall–Kier alpha value is -2.79. The molecule has 0 bridgehead atoms. The fraction of sp³-hybridized carbons (Fsp3) is 0.348. The van der Waals surface area contributed by atoms with Gasteiger partial charge in [0.2, 0.25) is 5.91 Å². The SMILES string of the molecule is O=C(Cc1csc(NC(=O)c2cccs2)n1)NCc1cccc(OCCN2CCOCC2)c1. The molecule has 33 heavy (non-hydrogen) atoms. The van der Waals surface area contributed by atoms with Crippen molar-refractivity contribution in [2.24, 2.45) is 0 Å². The van der Waals surface area contributed by atoms with Gasteiger partial charge in [0.1, 0.15) is 12.4 Å². The Kier molecular flexibility index (Phi) is 8.42. The summed E-state index contributed by atoms with van der Waals surface area (Å²) in [5.41, 5.74) is 1.59. The zero-order valence-corrected chi connectivity index (χ0v) is 19.8. The number of anilines is 1. The molecule has 0 saturated carbocycles. The second-order valence-corrected chi connectivity index (χ2v) is 9.28. The first-order valence-electron chi connectivity index (χ1n) is 10.7. The first-order chi connectivity index (χ1) is 16.2. The molecule has 3 heterocycles. The molecule has 2 N–H and O–H groups in total. The second-order valence-electron chi connectivity index (χ2n) is 7.48. The normalized spacial score (nSPS) is 14.1. The average molecular weight is 487 g/mol. The standard InChI is InChI=1S/C23H26N4O4S2/c28-21(14-18-16-33-23(25-18)26-22(29)20-5-2-12-32-20)24-15-17-3-1-4-19(13-17)31-11-8-27-6-9-30-10-7-27/h1-5,12-13,16H,6-11,14-15H2,(H,24,28)(H,25,26,29). The van der Waals surface area contributed by atoms with E-state index in [-0.39, 0.29) is 18.2 Å². The van der Waals surface area contributed by atoms with Crippen LogP contribution in [0.25, 0.3) is 0 Å². The van der Waals surface area contributed by atoms with Crippen LogP contribution >= 0.6 is 22.7 Å². The van der Waals surface area contributed by atoms with Crippen LogP contribution in [0.4, 0.5) is 5.13 Å². The van der Waals surface area contributed by atoms with Gasteiger partial charge in [-0.25, -0.2) is 4.98 Å². The van der Waals surface area contributed by atoms with E-state index in [0.29, 0.717) is 28.9 Å². The van der Waals surface area contributed by atoms with Gasteiger partial charge in [0.05, 0.1) is 30.2 Å². The summed E-state index contributed by atoms with van der Waals surface area (Å²) in [5.74, 6) is 0.470. The van der Waals surface area contributed by atoms with Crippen molar-refractivity contribution in [3.05, 3.63) is 63.3 Å². The number of carbonyl (C=O) groups excluding carboxylic acids is 2. The molecular formula is C23H26N4O4S2. The number of benzene rings is 1. The third-order valence-electron chi connectivity index (χ3n) is 5.03. The summed E-state index contributed by atoms with van der Waals surface area (Å²) in [6.45, 7) is 5.33. The summed E-state index contributed by atoms with van der Waals surface area (Å²) in [5, 5.41) is 9.80. The lowest BCUT2D eigenvalue weighted by Gasteiger charge is -2.26. The summed E-state index contributed by atoms with van der Waals surface area (Å²) in [6, 6.07) is 11.3. The molecule has 0 atom stereocenters. The van der Waals surface area contributed by atoms with Crippen molar-refractivity contribution in [1.29, 1.82) is 0 Å². The van der Waals surface area contributed by atoms with E-state index in [0.717, 1.165) is 44.2 Å². The molecule has 10 heteroatoms. The number of nitrogens with one attached hydrogen (secondary N) is 2. The van der Waals surface area contributed by atoms with Gasteiger partial charge in [-0.15, -0.1) is 22.7 Å². The minimum atomic E-state index is -0.192. The number of rotatable bonds is 10. The second kappa shape index (κ2) is 11.9. The van der Waals surface area contributed by atoms with Crippen LogP contribution in [0.3, 0.4) is 0 Å². The van der Waals surface area contributed by atoms with Gasteiger partial charge in [-0.3, -0.25) is 19.8 Å². The number of thiophene rings is 1. The van der Waals surface area contributed by atoms with Crippen molar-refractivity contribution in [3.63, 3.8) is 0 Å². The Labute approximate surface area is 200 Å². The molecule has 0 aliphatic carbocycles. The number of thiazole rings is 1. The van der Waals surface area contributed by atoms with Crippen LogP contribution in [0.2, 0.25) is 0 Å². The highest BCUT2D eigenvalue weighted by atomic mass is 32.1. The molecule has 0 unspecified atom stereocenters. The molecule has 2 amide bonds. The maximum Gasteiger partial charge on any atom is 0.267 e. The van der Waals surface area contributed by atoms with Gasteiger partial charge in [-0.05, 0) is 29.1 Å². The molecule has 174 valence electrons. The van der Waals surface area contributed by atoms with E-state index in [1.54, 1.807) is 11.4 Å². The highest BCUT2D eigenvalue weighted by molar-refractivity contribution is 7.14. The smallest absolute Gasteiger partial charge is 0.267 e. The minimum Gasteiger partial charge on any atom is -0.492 e. The van der Waals surface area contributed by atoms with Gasteiger partial charge in [0, 0.05) is 31.6 Å². The van der Waals surface area contributed by atoms with E-state index >= 15 is 0 Å². The Bertz CT molecular complexity index is 1050. The van der Waals surface area contributed by atoms with Crippen molar-refractivity contribution in [1.82, 2.24) is 15.2 Å². The quantitative estimate of drug-likeness (QED) is 0.458. The van der Waals surface area contributed by atoms with E-state index in [1.165, 1.54) is 22.7 Å². The van der Waals surface area contributed by atoms with Gasteiger partial charge in [-0.2, -0.15) is 0 Å². The lowest BCUT2D eigenvalue weighted by Crippen LogP contribution is -2.38. The fourth-order valence-corrected chi connectivity index (χ4v) is 4.63. The van der Waals surface area contributed by atoms with E-state index in [4.69, 9.17) is 9.47 Å². The summed E-state index contributed by atoms with van der Waals surface area (Å²) in [7, 11) is 0. The van der Waals surface area contributed by atoms with Gasteiger partial charge in [0.25, 0.3) is 5.91 Å². The number of aromatic nitrogens is 1. The van der Waals surface area contributed by atoms with Crippen LogP contribution in [0.1, 0.15) is 20.9 Å². The molecule has 1 fully saturated rings. The highest BCUT2D eigenvalue weighted by Crippen LogP contribution is 2.18. The zero-order chi connectivity index (χ0) is 22.9. The molecule has 1 aliphatic rings. The minimum absolute atomic E-state index is 0.130. The van der Waals surface area contributed by atoms with E-state index < -0.39 is 0 Å². The summed E-state index contributed by atoms with van der Waals surface area (Å²) in [4.78, 5) is 31.8. The van der Waals surface area contributed by atoms with Crippen molar-refractivity contribution >= 4 is 39.6 Å². The fourth-order valence-electron chi connectivity index (χ4n) is 3.30. The molecule has 0 spiro atoms. The van der Waals surface area contributed by atoms with Gasteiger partial charge in [-0.1, -0.05) is 18.2 Å². The van der Waals surface area contributed by atoms with Crippen LogP contribution in [0.15, 0.2) is 47.2 Å². The predicted molar refractivity (Wildman–Crippen MR) is 129 cm³/mol. The van der Waals surface area contributed by atoms with Crippen LogP contribution in [0.5, 0.6) is 5.75 Å². The molecular weight excluding hydrogens is 460 g/mol. The third-order valence-corrected chi connectivity index (χ3v) is 6.70. The number of ether oxygens (including phenoxy) is 2. The molecule has 0 radical (unpaired) electrons. The van der Waals surface area contributed by atoms with Crippen molar-refractivity contribution in [3.8, 4) is 5.75 Å². The lowest BCUT2D eigenvalue weighted by atomic mass is 10.2. The molecule has 1 saturated heterocycles. The maximum absolute atomic E-state index is 12.4. The van der Waals surface area contributed by atoms with Crippen LogP contribution in [0, 0.1) is 0 Å². The van der Waals surface area contributed by atoms with E-state index in [2.05, 4.69) is 20.5 Å². The number of carbonyl (C=O) groups is 2. The summed E-state index contributed by atoms with van der Waals surface area (Å²) >= 11 is 2.67. The van der Waals surface area contributed by atoms with Gasteiger partial charge < -0.3 is 14.8 Å². The highest BCUT2D eigenvalue weighted by Gasteiger charge is 2.12. The van der Waals surface area contributed by atoms with Crippen LogP contribution in [-0.4, -0.2) is 61.2 Å². The zero-order valence-electron chi connectivity index (χ0n) is 18.1. The van der Waals surface area contributed by atoms with Gasteiger partial charge >= 0.3 is 0 Å². The van der Waals surface area contributed by atoms with Crippen molar-refractivity contribution in [2.45, 2.75) is 13.0 Å². The number of morpholine rings is 1. The lowest BCUT2D eigenvalue weighted by molar-refractivity contribution is -0.120. The van der Waals surface area contributed by atoms with E-state index in [9.17, 15) is 9.59 Å². The first kappa shape index (κ1) is 23.4. The monoisotopic (exact) mass is 486 g/mol. The van der Waals surface area contributed by atoms with Crippen molar-refractivity contribution < 1.29 is 19.1 Å². The molecule has 8 nitrogen and oxygen atoms in total. The number of amides is 2. The summed E-state index contributed by atoms with van der Waals surface area (Å²) < 4.78 is 11.2. The summed E-state index contributed by atoms with van der Waals surface area (Å²) in [6.07, 6.45) is 0.154. The average Bonchev–Trinajstić information content (AvgIpc) is 3.51. The topological polar surface area (TPSA) is 92.8 Å². The number of hydrogen-bond donors (Lipinski definition) is 2. The van der Waals surface area contributed by atoms with Gasteiger partial charge in [0.15, 0.2) is 5.13 Å². The molecule has 3 aromatic rings. The predicted octanol–water partition coefficient (Wildman–Crippen LogP) is 3.03. The van der Waals surface area contributed by atoms with E-state index in [1.807, 2.05) is 35.7 Å². The molecule has 4 rings (SSSR count). The molecule has 1 aromatic carbocycles. The van der Waals surface area contributed by atoms with Crippen LogP contribution < -0.4 is 15.4 Å². The largest absolute Gasteiger partial charge is 0.492 e. The Balaban J connectivity index is 1.19. The number of hydrogen-bond acceptors (Lipinski definition) is 8. The number of nitrogens with zero attached hydrogens (tertiary/aromatic N) is 2. The van der Waals surface area contributed by atoms with Crippen molar-refractivity contribution in [2.75, 3.05) is 44.8 Å². The van der Waals surface area contributed by atoms with Crippen LogP contribution in [-0.2, 0) is 22.5 Å². The first-order valence-corrected chi connectivity index (χ1v) is 12.5. The Morgan fingerprint density at radius 3 is 2.85 bits per heavy atom. The third kappa shape index (κ3) is 7.36. The Morgan fingerprint density at radius 2 is 2.03 bits per heavy atom. The Morgan fingerprint density at radius 1 is 1.15 bits per heavy atom. The molecule has 2 aromatic heterocycles. The molecule has 1 aliphatic heterocycles. The maximum atomic E-state index is 12.4.